The number of rotatable bonds is 6. The van der Waals surface area contributed by atoms with Crippen LogP contribution in [0.1, 0.15) is 30.2 Å². The zero-order chi connectivity index (χ0) is 15.2. The maximum Gasteiger partial charge on any atom is 0.129 e. The summed E-state index contributed by atoms with van der Waals surface area (Å²) in [4.78, 5) is 6.80. The van der Waals surface area contributed by atoms with Gasteiger partial charge in [0.05, 0.1) is 6.61 Å². The average Bonchev–Trinajstić information content (AvgIpc) is 2.47. The molecule has 3 nitrogen and oxygen atoms in total. The second-order valence-electron chi connectivity index (χ2n) is 5.22. The van der Waals surface area contributed by atoms with Crippen LogP contribution >= 0.6 is 15.9 Å². The van der Waals surface area contributed by atoms with E-state index in [4.69, 9.17) is 4.98 Å². The molecule has 0 radical (unpaired) electrons. The van der Waals surface area contributed by atoms with Crippen LogP contribution in [-0.4, -0.2) is 17.1 Å². The van der Waals surface area contributed by atoms with Crippen LogP contribution < -0.4 is 4.90 Å². The molecular formula is C17H21BrN2O. The molecule has 2 rings (SSSR count). The van der Waals surface area contributed by atoms with E-state index in [0.717, 1.165) is 40.9 Å². The van der Waals surface area contributed by atoms with Crippen molar-refractivity contribution in [2.75, 3.05) is 11.9 Å². The summed E-state index contributed by atoms with van der Waals surface area (Å²) in [5.41, 5.74) is 3.19. The molecule has 0 fully saturated rings. The molecule has 0 bridgehead atoms. The van der Waals surface area contributed by atoms with Gasteiger partial charge in [-0.25, -0.2) is 4.98 Å². The quantitative estimate of drug-likeness (QED) is 0.859. The molecule has 1 heterocycles. The number of hydrogen-bond acceptors (Lipinski definition) is 3. The molecule has 0 atom stereocenters. The van der Waals surface area contributed by atoms with E-state index in [-0.39, 0.29) is 6.61 Å². The summed E-state index contributed by atoms with van der Waals surface area (Å²) in [7, 11) is 2.03. The minimum absolute atomic E-state index is 0.0525. The molecule has 0 unspecified atom stereocenters. The molecule has 0 aliphatic rings. The van der Waals surface area contributed by atoms with Gasteiger partial charge in [0.2, 0.25) is 0 Å². The van der Waals surface area contributed by atoms with Gasteiger partial charge in [-0.2, -0.15) is 0 Å². The van der Waals surface area contributed by atoms with E-state index >= 15 is 0 Å². The largest absolute Gasteiger partial charge is 0.392 e. The number of aromatic nitrogens is 1. The Kier molecular flexibility index (Phi) is 5.76. The van der Waals surface area contributed by atoms with Crippen LogP contribution in [-0.2, 0) is 19.6 Å². The highest BCUT2D eigenvalue weighted by Gasteiger charge is 2.08. The first-order valence-electron chi connectivity index (χ1n) is 7.18. The smallest absolute Gasteiger partial charge is 0.129 e. The predicted octanol–water partition coefficient (Wildman–Crippen LogP) is 3.93. The Morgan fingerprint density at radius 1 is 1.19 bits per heavy atom. The van der Waals surface area contributed by atoms with Gasteiger partial charge in [0.25, 0.3) is 0 Å². The summed E-state index contributed by atoms with van der Waals surface area (Å²) in [5.74, 6) is 0.907. The molecule has 21 heavy (non-hydrogen) atoms. The van der Waals surface area contributed by atoms with Gasteiger partial charge in [-0.1, -0.05) is 41.4 Å². The number of pyridine rings is 1. The van der Waals surface area contributed by atoms with Crippen molar-refractivity contribution in [1.82, 2.24) is 4.98 Å². The van der Waals surface area contributed by atoms with Gasteiger partial charge in [0, 0.05) is 23.8 Å². The SMILES string of the molecule is CCCc1cc(CO)cc(N(C)Cc2cccc(Br)c2)n1. The Balaban J connectivity index is 2.21. The van der Waals surface area contributed by atoms with Crippen molar-refractivity contribution in [3.05, 3.63) is 57.7 Å². The minimum Gasteiger partial charge on any atom is -0.392 e. The lowest BCUT2D eigenvalue weighted by atomic mass is 10.1. The topological polar surface area (TPSA) is 36.4 Å². The minimum atomic E-state index is 0.0525. The van der Waals surface area contributed by atoms with Gasteiger partial charge in [-0.05, 0) is 41.8 Å². The number of halogens is 1. The summed E-state index contributed by atoms with van der Waals surface area (Å²) in [6.45, 7) is 2.97. The number of aryl methyl sites for hydroxylation is 1. The highest BCUT2D eigenvalue weighted by molar-refractivity contribution is 9.10. The first-order chi connectivity index (χ1) is 10.1. The van der Waals surface area contributed by atoms with Crippen LogP contribution in [0.3, 0.4) is 0 Å². The Bertz CT molecular complexity index is 601. The third kappa shape index (κ3) is 4.55. The molecule has 112 valence electrons. The van der Waals surface area contributed by atoms with Crippen LogP contribution in [0, 0.1) is 0 Å². The predicted molar refractivity (Wildman–Crippen MR) is 90.4 cm³/mol. The maximum atomic E-state index is 9.41. The average molecular weight is 349 g/mol. The molecule has 1 aromatic carbocycles. The number of nitrogens with zero attached hydrogens (tertiary/aromatic N) is 2. The molecule has 0 aliphatic carbocycles. The van der Waals surface area contributed by atoms with Gasteiger partial charge in [-0.15, -0.1) is 0 Å². The van der Waals surface area contributed by atoms with Crippen molar-refractivity contribution in [3.8, 4) is 0 Å². The first kappa shape index (κ1) is 16.0. The van der Waals surface area contributed by atoms with Crippen LogP contribution in [0.25, 0.3) is 0 Å². The van der Waals surface area contributed by atoms with Crippen LogP contribution in [0.15, 0.2) is 40.9 Å². The number of aliphatic hydroxyl groups is 1. The summed E-state index contributed by atoms with van der Waals surface area (Å²) >= 11 is 3.50. The fourth-order valence-electron chi connectivity index (χ4n) is 2.29. The van der Waals surface area contributed by atoms with Crippen LogP contribution in [0.2, 0.25) is 0 Å². The number of benzene rings is 1. The van der Waals surface area contributed by atoms with E-state index in [9.17, 15) is 5.11 Å². The summed E-state index contributed by atoms with van der Waals surface area (Å²) in [5, 5.41) is 9.41. The molecule has 0 amide bonds. The van der Waals surface area contributed by atoms with Gasteiger partial charge in [0.1, 0.15) is 5.82 Å². The van der Waals surface area contributed by atoms with Crippen molar-refractivity contribution >= 4 is 21.7 Å². The second-order valence-corrected chi connectivity index (χ2v) is 6.13. The second kappa shape index (κ2) is 7.57. The van der Waals surface area contributed by atoms with Gasteiger partial charge >= 0.3 is 0 Å². The summed E-state index contributed by atoms with van der Waals surface area (Å²) in [6, 6.07) is 12.2. The zero-order valence-corrected chi connectivity index (χ0v) is 14.1. The lowest BCUT2D eigenvalue weighted by Crippen LogP contribution is -2.18. The van der Waals surface area contributed by atoms with E-state index in [2.05, 4.69) is 39.9 Å². The highest BCUT2D eigenvalue weighted by atomic mass is 79.9. The van der Waals surface area contributed by atoms with Crippen molar-refractivity contribution in [2.45, 2.75) is 32.9 Å². The Morgan fingerprint density at radius 2 is 2.00 bits per heavy atom. The number of aliphatic hydroxyl groups excluding tert-OH is 1. The Morgan fingerprint density at radius 3 is 2.67 bits per heavy atom. The van der Waals surface area contributed by atoms with E-state index in [0.29, 0.717) is 0 Å². The van der Waals surface area contributed by atoms with E-state index in [1.54, 1.807) is 0 Å². The van der Waals surface area contributed by atoms with Crippen LogP contribution in [0.4, 0.5) is 5.82 Å². The van der Waals surface area contributed by atoms with E-state index < -0.39 is 0 Å². The molecule has 0 saturated carbocycles. The third-order valence-electron chi connectivity index (χ3n) is 3.31. The Hall–Kier alpha value is -1.39. The standard InChI is InChI=1S/C17H21BrN2O/c1-3-5-16-9-14(12-21)10-17(19-16)20(2)11-13-6-4-7-15(18)8-13/h4,6-10,21H,3,5,11-12H2,1-2H3. The van der Waals surface area contributed by atoms with Crippen molar-refractivity contribution < 1.29 is 5.11 Å². The number of hydrogen-bond donors (Lipinski definition) is 1. The highest BCUT2D eigenvalue weighted by Crippen LogP contribution is 2.19. The van der Waals surface area contributed by atoms with Gasteiger partial charge in [0.15, 0.2) is 0 Å². The Labute approximate surface area is 134 Å². The van der Waals surface area contributed by atoms with E-state index in [1.165, 1.54) is 5.56 Å². The van der Waals surface area contributed by atoms with Gasteiger partial charge < -0.3 is 10.0 Å². The van der Waals surface area contributed by atoms with Crippen molar-refractivity contribution in [3.63, 3.8) is 0 Å². The normalized spacial score (nSPS) is 10.7. The maximum absolute atomic E-state index is 9.41. The van der Waals surface area contributed by atoms with Crippen molar-refractivity contribution in [2.24, 2.45) is 0 Å². The third-order valence-corrected chi connectivity index (χ3v) is 3.81. The molecule has 0 spiro atoms. The lowest BCUT2D eigenvalue weighted by Gasteiger charge is -2.20. The monoisotopic (exact) mass is 348 g/mol. The van der Waals surface area contributed by atoms with Crippen LogP contribution in [0.5, 0.6) is 0 Å². The number of anilines is 1. The molecule has 0 saturated heterocycles. The molecule has 1 aromatic heterocycles. The molecule has 2 aromatic rings. The molecule has 4 heteroatoms. The van der Waals surface area contributed by atoms with Crippen molar-refractivity contribution in [1.29, 1.82) is 0 Å². The van der Waals surface area contributed by atoms with Gasteiger partial charge in [-0.3, -0.25) is 0 Å². The molecule has 1 N–H and O–H groups in total. The molecular weight excluding hydrogens is 328 g/mol. The first-order valence-corrected chi connectivity index (χ1v) is 7.98. The fraction of sp³-hybridized carbons (Fsp3) is 0.353. The zero-order valence-electron chi connectivity index (χ0n) is 12.5. The lowest BCUT2D eigenvalue weighted by molar-refractivity contribution is 0.281. The fourth-order valence-corrected chi connectivity index (χ4v) is 2.74. The molecule has 0 aliphatic heterocycles. The van der Waals surface area contributed by atoms with E-state index in [1.807, 2.05) is 31.3 Å². The summed E-state index contributed by atoms with van der Waals surface area (Å²) < 4.78 is 1.08. The summed E-state index contributed by atoms with van der Waals surface area (Å²) in [6.07, 6.45) is 1.99.